The number of amides is 1. The normalized spacial score (nSPS) is 14.1. The molecule has 1 amide bonds. The number of piperazine rings is 1. The van der Waals surface area contributed by atoms with E-state index in [1.807, 2.05) is 36.9 Å². The summed E-state index contributed by atoms with van der Waals surface area (Å²) >= 11 is 0. The molecule has 27 heavy (non-hydrogen) atoms. The van der Waals surface area contributed by atoms with E-state index in [4.69, 9.17) is 4.74 Å². The number of hydrogen-bond acceptors (Lipinski definition) is 6. The Hall–Kier alpha value is -3.16. The van der Waals surface area contributed by atoms with Crippen molar-refractivity contribution in [2.75, 3.05) is 37.7 Å². The Morgan fingerprint density at radius 1 is 1.19 bits per heavy atom. The molecule has 8 nitrogen and oxygen atoms in total. The Kier molecular flexibility index (Phi) is 5.54. The zero-order valence-electron chi connectivity index (χ0n) is 15.4. The second kappa shape index (κ2) is 8.03. The molecule has 1 saturated heterocycles. The lowest BCUT2D eigenvalue weighted by molar-refractivity contribution is -0.385. The van der Waals surface area contributed by atoms with Gasteiger partial charge >= 0.3 is 0 Å². The van der Waals surface area contributed by atoms with E-state index < -0.39 is 4.92 Å². The highest BCUT2D eigenvalue weighted by atomic mass is 16.6. The summed E-state index contributed by atoms with van der Waals surface area (Å²) in [5.41, 5.74) is 2.06. The van der Waals surface area contributed by atoms with Gasteiger partial charge in [-0.25, -0.2) is 4.98 Å². The van der Waals surface area contributed by atoms with Gasteiger partial charge in [0.05, 0.1) is 4.92 Å². The molecule has 2 aromatic rings. The molecule has 0 spiro atoms. The number of aryl methyl sites for hydroxylation is 2. The average Bonchev–Trinajstić information content (AvgIpc) is 2.68. The maximum Gasteiger partial charge on any atom is 0.287 e. The van der Waals surface area contributed by atoms with Crippen LogP contribution in [0.1, 0.15) is 11.1 Å². The van der Waals surface area contributed by atoms with Crippen LogP contribution < -0.4 is 9.64 Å². The number of nitrogens with zero attached hydrogens (tertiary/aromatic N) is 4. The zero-order valence-corrected chi connectivity index (χ0v) is 15.4. The molecule has 0 aliphatic carbocycles. The van der Waals surface area contributed by atoms with Gasteiger partial charge in [-0.3, -0.25) is 14.9 Å². The Bertz CT molecular complexity index is 830. The highest BCUT2D eigenvalue weighted by Crippen LogP contribution is 2.20. The Balaban J connectivity index is 1.51. The molecule has 0 N–H and O–H groups in total. The largest absolute Gasteiger partial charge is 0.483 e. The van der Waals surface area contributed by atoms with E-state index in [-0.39, 0.29) is 18.2 Å². The fourth-order valence-corrected chi connectivity index (χ4v) is 2.95. The van der Waals surface area contributed by atoms with Gasteiger partial charge in [0, 0.05) is 32.2 Å². The molecule has 8 heteroatoms. The Labute approximate surface area is 157 Å². The smallest absolute Gasteiger partial charge is 0.287 e. The summed E-state index contributed by atoms with van der Waals surface area (Å²) < 4.78 is 5.70. The monoisotopic (exact) mass is 370 g/mol. The van der Waals surface area contributed by atoms with Crippen LogP contribution in [0.25, 0.3) is 0 Å². The molecule has 2 heterocycles. The van der Waals surface area contributed by atoms with E-state index in [9.17, 15) is 14.9 Å². The number of rotatable bonds is 5. The molecule has 1 aromatic carbocycles. The van der Waals surface area contributed by atoms with Gasteiger partial charge in [-0.2, -0.15) is 0 Å². The van der Waals surface area contributed by atoms with Gasteiger partial charge in [-0.05, 0) is 37.1 Å². The second-order valence-electron chi connectivity index (χ2n) is 6.56. The third-order valence-electron chi connectivity index (χ3n) is 4.59. The topological polar surface area (TPSA) is 88.8 Å². The molecule has 1 aliphatic heterocycles. The molecular weight excluding hydrogens is 348 g/mol. The van der Waals surface area contributed by atoms with Crippen molar-refractivity contribution in [3.63, 3.8) is 0 Å². The van der Waals surface area contributed by atoms with Gasteiger partial charge in [0.15, 0.2) is 6.61 Å². The lowest BCUT2D eigenvalue weighted by atomic mass is 10.1. The molecular formula is C19H22N4O4. The first-order chi connectivity index (χ1) is 12.9. The van der Waals surface area contributed by atoms with Gasteiger partial charge in [0.25, 0.3) is 11.6 Å². The van der Waals surface area contributed by atoms with Crippen LogP contribution in [0.4, 0.5) is 11.5 Å². The summed E-state index contributed by atoms with van der Waals surface area (Å²) in [4.78, 5) is 30.6. The minimum absolute atomic E-state index is 0.0140. The quantitative estimate of drug-likeness (QED) is 0.593. The third kappa shape index (κ3) is 4.52. The predicted octanol–water partition coefficient (Wildman–Crippen LogP) is 2.33. The van der Waals surface area contributed by atoms with E-state index in [2.05, 4.69) is 4.98 Å². The minimum Gasteiger partial charge on any atom is -0.483 e. The summed E-state index contributed by atoms with van der Waals surface area (Å²) in [7, 11) is 0. The van der Waals surface area contributed by atoms with Crippen molar-refractivity contribution >= 4 is 17.4 Å². The molecule has 1 aliphatic rings. The molecule has 0 saturated carbocycles. The predicted molar refractivity (Wildman–Crippen MR) is 101 cm³/mol. The van der Waals surface area contributed by atoms with Crippen molar-refractivity contribution in [3.8, 4) is 5.75 Å². The number of pyridine rings is 1. The van der Waals surface area contributed by atoms with E-state index in [1.165, 1.54) is 12.3 Å². The van der Waals surface area contributed by atoms with Crippen LogP contribution in [0.3, 0.4) is 0 Å². The first kappa shape index (κ1) is 18.6. The third-order valence-corrected chi connectivity index (χ3v) is 4.59. The number of ether oxygens (including phenoxy) is 1. The molecule has 142 valence electrons. The van der Waals surface area contributed by atoms with E-state index in [1.54, 1.807) is 11.0 Å². The molecule has 1 aromatic heterocycles. The molecule has 0 atom stereocenters. The Morgan fingerprint density at radius 2 is 1.93 bits per heavy atom. The van der Waals surface area contributed by atoms with Crippen molar-refractivity contribution in [2.45, 2.75) is 13.8 Å². The fraction of sp³-hybridized carbons (Fsp3) is 0.368. The molecule has 1 fully saturated rings. The van der Waals surface area contributed by atoms with Crippen molar-refractivity contribution < 1.29 is 14.5 Å². The summed E-state index contributed by atoms with van der Waals surface area (Å²) in [6, 6.07) is 9.00. The SMILES string of the molecule is Cc1ccc(C)c(OCC(=O)N2CCN(c3ccc([N+](=O)[O-])cn3)CC2)c1. The number of benzene rings is 1. The number of anilines is 1. The van der Waals surface area contributed by atoms with Gasteiger partial charge in [0.1, 0.15) is 17.8 Å². The summed E-state index contributed by atoms with van der Waals surface area (Å²) in [5, 5.41) is 10.7. The van der Waals surface area contributed by atoms with Crippen LogP contribution in [0.15, 0.2) is 36.5 Å². The number of carbonyl (C=O) groups excluding carboxylic acids is 1. The van der Waals surface area contributed by atoms with Crippen LogP contribution in [-0.4, -0.2) is 53.5 Å². The molecule has 0 radical (unpaired) electrons. The average molecular weight is 370 g/mol. The van der Waals surface area contributed by atoms with Crippen LogP contribution in [0.5, 0.6) is 5.75 Å². The summed E-state index contributed by atoms with van der Waals surface area (Å²) in [6.07, 6.45) is 1.25. The maximum atomic E-state index is 12.4. The lowest BCUT2D eigenvalue weighted by Gasteiger charge is -2.35. The molecule has 0 unspecified atom stereocenters. The Morgan fingerprint density at radius 3 is 2.56 bits per heavy atom. The van der Waals surface area contributed by atoms with Crippen LogP contribution >= 0.6 is 0 Å². The van der Waals surface area contributed by atoms with E-state index in [0.29, 0.717) is 32.0 Å². The van der Waals surface area contributed by atoms with Crippen molar-refractivity contribution in [1.82, 2.24) is 9.88 Å². The summed E-state index contributed by atoms with van der Waals surface area (Å²) in [5.74, 6) is 1.36. The van der Waals surface area contributed by atoms with Gasteiger partial charge in [-0.15, -0.1) is 0 Å². The fourth-order valence-electron chi connectivity index (χ4n) is 2.95. The van der Waals surface area contributed by atoms with E-state index in [0.717, 1.165) is 16.9 Å². The number of nitro groups is 1. The number of hydrogen-bond donors (Lipinski definition) is 0. The van der Waals surface area contributed by atoms with Crippen LogP contribution in [0, 0.1) is 24.0 Å². The van der Waals surface area contributed by atoms with Gasteiger partial charge < -0.3 is 14.5 Å². The summed E-state index contributed by atoms with van der Waals surface area (Å²) in [6.45, 7) is 6.33. The second-order valence-corrected chi connectivity index (χ2v) is 6.56. The van der Waals surface area contributed by atoms with Crippen LogP contribution in [0.2, 0.25) is 0 Å². The highest BCUT2D eigenvalue weighted by molar-refractivity contribution is 5.78. The maximum absolute atomic E-state index is 12.4. The van der Waals surface area contributed by atoms with Crippen molar-refractivity contribution in [2.24, 2.45) is 0 Å². The van der Waals surface area contributed by atoms with Crippen molar-refractivity contribution in [1.29, 1.82) is 0 Å². The first-order valence-corrected chi connectivity index (χ1v) is 8.77. The standard InChI is InChI=1S/C19H22N4O4/c1-14-3-4-15(2)17(11-14)27-13-19(24)22-9-7-21(8-10-22)18-6-5-16(12-20-18)23(25)26/h3-6,11-12H,7-10,13H2,1-2H3. The zero-order chi connectivity index (χ0) is 19.4. The van der Waals surface area contributed by atoms with E-state index >= 15 is 0 Å². The number of aromatic nitrogens is 1. The molecule has 3 rings (SSSR count). The van der Waals surface area contributed by atoms with Crippen LogP contribution in [-0.2, 0) is 4.79 Å². The minimum atomic E-state index is -0.469. The van der Waals surface area contributed by atoms with Gasteiger partial charge in [0.2, 0.25) is 0 Å². The van der Waals surface area contributed by atoms with Gasteiger partial charge in [-0.1, -0.05) is 12.1 Å². The highest BCUT2D eigenvalue weighted by Gasteiger charge is 2.22. The lowest BCUT2D eigenvalue weighted by Crippen LogP contribution is -2.50. The molecule has 0 bridgehead atoms. The number of carbonyl (C=O) groups is 1. The first-order valence-electron chi connectivity index (χ1n) is 8.77. The van der Waals surface area contributed by atoms with Crippen molar-refractivity contribution in [3.05, 3.63) is 57.8 Å².